The number of hydrogen-bond acceptors (Lipinski definition) is 4. The predicted octanol–water partition coefficient (Wildman–Crippen LogP) is -0.980. The maximum atomic E-state index is 11.6. The Morgan fingerprint density at radius 1 is 1.59 bits per heavy atom. The van der Waals surface area contributed by atoms with Crippen molar-refractivity contribution in [1.29, 1.82) is 0 Å². The number of amides is 3. The topological polar surface area (TPSA) is 113 Å². The minimum absolute atomic E-state index is 0.168. The first-order chi connectivity index (χ1) is 8.00. The van der Waals surface area contributed by atoms with Gasteiger partial charge in [-0.05, 0) is 6.08 Å². The highest BCUT2D eigenvalue weighted by molar-refractivity contribution is 6.02. The van der Waals surface area contributed by atoms with E-state index in [4.69, 9.17) is 10.8 Å². The van der Waals surface area contributed by atoms with Crippen molar-refractivity contribution >= 4 is 17.9 Å². The second kappa shape index (κ2) is 4.02. The molecule has 0 aromatic carbocycles. The monoisotopic (exact) mass is 237 g/mol. The van der Waals surface area contributed by atoms with E-state index in [1.165, 1.54) is 4.90 Å². The molecular weight excluding hydrogens is 226 g/mol. The summed E-state index contributed by atoms with van der Waals surface area (Å²) in [6.07, 6.45) is 4.89. The van der Waals surface area contributed by atoms with E-state index in [2.05, 4.69) is 5.32 Å². The second-order valence-electron chi connectivity index (χ2n) is 3.80. The summed E-state index contributed by atoms with van der Waals surface area (Å²) in [5.41, 5.74) is 5.84. The predicted molar refractivity (Wildman–Crippen MR) is 56.6 cm³/mol. The average Bonchev–Trinajstić information content (AvgIpc) is 2.72. The number of fused-ring (bicyclic) bond motifs is 1. The number of hydrogen-bond donors (Lipinski definition) is 3. The zero-order valence-corrected chi connectivity index (χ0v) is 8.79. The quantitative estimate of drug-likeness (QED) is 0.584. The average molecular weight is 237 g/mol. The van der Waals surface area contributed by atoms with Gasteiger partial charge in [0.25, 0.3) is 0 Å². The number of carbonyl (C=O) groups excluding carboxylic acids is 2. The Balaban J connectivity index is 2.19. The summed E-state index contributed by atoms with van der Waals surface area (Å²) in [5.74, 6) is -2.14. The van der Waals surface area contributed by atoms with Crippen molar-refractivity contribution in [2.45, 2.75) is 6.04 Å². The molecule has 0 radical (unpaired) electrons. The molecule has 2 atom stereocenters. The number of allylic oxidation sites excluding steroid dienone is 2. The smallest absolute Gasteiger partial charge is 0.328 e. The first-order valence-corrected chi connectivity index (χ1v) is 5.00. The summed E-state index contributed by atoms with van der Waals surface area (Å²) in [6.45, 7) is -0.168. The standard InChI is InChI=1S/C10H11N3O4/c11-6(9(15)16)4-13-7-3-1-2-5(7)8(14)12-10(13)17/h1-3,5-6H,4,11H2,(H,15,16)(H,12,14,17). The Hall–Kier alpha value is -2.15. The third kappa shape index (κ3) is 1.92. The Morgan fingerprint density at radius 2 is 2.29 bits per heavy atom. The summed E-state index contributed by atoms with van der Waals surface area (Å²) < 4.78 is 0. The van der Waals surface area contributed by atoms with Crippen molar-refractivity contribution in [2.24, 2.45) is 11.7 Å². The SMILES string of the molecule is NC(CN1C(=O)NC(=O)C2C=CC=C21)C(=O)O. The lowest BCUT2D eigenvalue weighted by Crippen LogP contribution is -2.55. The van der Waals surface area contributed by atoms with Crippen LogP contribution in [0, 0.1) is 5.92 Å². The lowest BCUT2D eigenvalue weighted by Gasteiger charge is -2.32. The van der Waals surface area contributed by atoms with Gasteiger partial charge >= 0.3 is 12.0 Å². The van der Waals surface area contributed by atoms with Gasteiger partial charge in [-0.3, -0.25) is 19.8 Å². The molecule has 3 amide bonds. The fourth-order valence-electron chi connectivity index (χ4n) is 1.78. The molecule has 1 aliphatic heterocycles. The van der Waals surface area contributed by atoms with Gasteiger partial charge in [-0.1, -0.05) is 12.2 Å². The largest absolute Gasteiger partial charge is 0.480 e. The van der Waals surface area contributed by atoms with Crippen molar-refractivity contribution in [3.8, 4) is 0 Å². The number of nitrogens with one attached hydrogen (secondary N) is 1. The number of carboxylic acid groups (broad SMARTS) is 1. The molecule has 0 spiro atoms. The molecule has 17 heavy (non-hydrogen) atoms. The van der Waals surface area contributed by atoms with Crippen LogP contribution in [0.5, 0.6) is 0 Å². The van der Waals surface area contributed by atoms with Crippen molar-refractivity contribution in [2.75, 3.05) is 6.54 Å². The summed E-state index contributed by atoms with van der Waals surface area (Å²) >= 11 is 0. The van der Waals surface area contributed by atoms with Gasteiger partial charge in [0, 0.05) is 5.70 Å². The number of carbonyl (C=O) groups is 3. The van der Waals surface area contributed by atoms with E-state index in [0.29, 0.717) is 5.70 Å². The molecule has 1 fully saturated rings. The number of urea groups is 1. The highest BCUT2D eigenvalue weighted by Crippen LogP contribution is 2.26. The van der Waals surface area contributed by atoms with Gasteiger partial charge < -0.3 is 10.8 Å². The van der Waals surface area contributed by atoms with Crippen LogP contribution in [0.2, 0.25) is 0 Å². The summed E-state index contributed by atoms with van der Waals surface area (Å²) in [6, 6.07) is -1.82. The van der Waals surface area contributed by atoms with Gasteiger partial charge in [-0.2, -0.15) is 0 Å². The number of nitrogens with zero attached hydrogens (tertiary/aromatic N) is 1. The lowest BCUT2D eigenvalue weighted by atomic mass is 10.0. The molecule has 90 valence electrons. The van der Waals surface area contributed by atoms with Crippen molar-refractivity contribution in [1.82, 2.24) is 10.2 Å². The Labute approximate surface area is 96.6 Å². The molecule has 2 aliphatic rings. The Bertz CT molecular complexity index is 454. The van der Waals surface area contributed by atoms with Gasteiger partial charge in [-0.25, -0.2) is 4.79 Å². The van der Waals surface area contributed by atoms with Crippen molar-refractivity contribution in [3.05, 3.63) is 23.9 Å². The first kappa shape index (κ1) is 11.3. The van der Waals surface area contributed by atoms with E-state index in [1.807, 2.05) is 0 Å². The van der Waals surface area contributed by atoms with Crippen LogP contribution < -0.4 is 11.1 Å². The fraction of sp³-hybridized carbons (Fsp3) is 0.300. The van der Waals surface area contributed by atoms with E-state index in [9.17, 15) is 14.4 Å². The number of imide groups is 1. The molecule has 0 aromatic heterocycles. The van der Waals surface area contributed by atoms with E-state index in [1.54, 1.807) is 18.2 Å². The third-order valence-corrected chi connectivity index (χ3v) is 2.66. The van der Waals surface area contributed by atoms with Crippen LogP contribution in [0.1, 0.15) is 0 Å². The van der Waals surface area contributed by atoms with Gasteiger partial charge in [0.2, 0.25) is 5.91 Å². The molecule has 0 aromatic rings. The van der Waals surface area contributed by atoms with E-state index >= 15 is 0 Å². The molecule has 7 nitrogen and oxygen atoms in total. The minimum Gasteiger partial charge on any atom is -0.480 e. The van der Waals surface area contributed by atoms with Crippen LogP contribution in [-0.2, 0) is 9.59 Å². The fourth-order valence-corrected chi connectivity index (χ4v) is 1.78. The maximum absolute atomic E-state index is 11.6. The third-order valence-electron chi connectivity index (χ3n) is 2.66. The van der Waals surface area contributed by atoms with E-state index < -0.39 is 29.9 Å². The van der Waals surface area contributed by atoms with E-state index in [0.717, 1.165) is 0 Å². The first-order valence-electron chi connectivity index (χ1n) is 5.00. The zero-order valence-electron chi connectivity index (χ0n) is 8.79. The minimum atomic E-state index is -1.20. The number of nitrogens with two attached hydrogens (primary N) is 1. The summed E-state index contributed by atoms with van der Waals surface area (Å²) in [4.78, 5) is 34.9. The highest BCUT2D eigenvalue weighted by Gasteiger charge is 2.38. The van der Waals surface area contributed by atoms with Crippen LogP contribution in [0.25, 0.3) is 0 Å². The second-order valence-corrected chi connectivity index (χ2v) is 3.80. The molecule has 1 aliphatic carbocycles. The van der Waals surface area contributed by atoms with E-state index in [-0.39, 0.29) is 6.54 Å². The number of aliphatic carboxylic acids is 1. The summed E-state index contributed by atoms with van der Waals surface area (Å²) in [5, 5.41) is 10.9. The van der Waals surface area contributed by atoms with Crippen molar-refractivity contribution < 1.29 is 19.5 Å². The molecule has 0 saturated carbocycles. The van der Waals surface area contributed by atoms with Crippen LogP contribution in [0.3, 0.4) is 0 Å². The van der Waals surface area contributed by atoms with Crippen LogP contribution in [0.15, 0.2) is 23.9 Å². The molecule has 0 bridgehead atoms. The van der Waals surface area contributed by atoms with Gasteiger partial charge in [0.1, 0.15) is 6.04 Å². The number of rotatable bonds is 3. The van der Waals surface area contributed by atoms with Gasteiger partial charge in [0.05, 0.1) is 12.5 Å². The molecule has 4 N–H and O–H groups in total. The lowest BCUT2D eigenvalue weighted by molar-refractivity contribution is -0.138. The molecular formula is C10H11N3O4. The molecule has 7 heteroatoms. The van der Waals surface area contributed by atoms with Crippen LogP contribution >= 0.6 is 0 Å². The number of carboxylic acids is 1. The molecule has 1 heterocycles. The highest BCUT2D eigenvalue weighted by atomic mass is 16.4. The Kier molecular flexibility index (Phi) is 2.68. The molecule has 1 saturated heterocycles. The maximum Gasteiger partial charge on any atom is 0.328 e. The normalized spacial score (nSPS) is 24.2. The Morgan fingerprint density at radius 3 is 2.94 bits per heavy atom. The summed E-state index contributed by atoms with van der Waals surface area (Å²) in [7, 11) is 0. The zero-order chi connectivity index (χ0) is 12.6. The molecule has 2 rings (SSSR count). The van der Waals surface area contributed by atoms with Gasteiger partial charge in [-0.15, -0.1) is 0 Å². The van der Waals surface area contributed by atoms with Crippen molar-refractivity contribution in [3.63, 3.8) is 0 Å². The van der Waals surface area contributed by atoms with Gasteiger partial charge in [0.15, 0.2) is 0 Å². The molecule has 2 unspecified atom stereocenters. The van der Waals surface area contributed by atoms with Crippen LogP contribution in [0.4, 0.5) is 4.79 Å². The van der Waals surface area contributed by atoms with Crippen LogP contribution in [-0.4, -0.2) is 40.5 Å².